The first kappa shape index (κ1) is 20.6. The van der Waals surface area contributed by atoms with E-state index in [2.05, 4.69) is 22.5 Å². The van der Waals surface area contributed by atoms with Gasteiger partial charge in [0.05, 0.1) is 30.9 Å². The van der Waals surface area contributed by atoms with E-state index in [0.29, 0.717) is 31.5 Å². The molecule has 32 heavy (non-hydrogen) atoms. The molecule has 7 nitrogen and oxygen atoms in total. The van der Waals surface area contributed by atoms with Crippen LogP contribution in [0, 0.1) is 11.1 Å². The van der Waals surface area contributed by atoms with Crippen molar-refractivity contribution >= 4 is 23.2 Å². The van der Waals surface area contributed by atoms with Gasteiger partial charge in [0.15, 0.2) is 0 Å². The average Bonchev–Trinajstić information content (AvgIpc) is 2.90. The van der Waals surface area contributed by atoms with E-state index in [4.69, 9.17) is 4.98 Å². The minimum absolute atomic E-state index is 0.0713. The number of aromatic nitrogens is 2. The van der Waals surface area contributed by atoms with Crippen LogP contribution in [-0.2, 0) is 17.8 Å². The number of quaternary nitrogens is 1. The number of carbonyl (C=O) groups is 1. The third-order valence-corrected chi connectivity index (χ3v) is 6.26. The molecule has 0 aliphatic carbocycles. The Bertz CT molecular complexity index is 1150. The van der Waals surface area contributed by atoms with Crippen LogP contribution >= 0.6 is 0 Å². The summed E-state index contributed by atoms with van der Waals surface area (Å²) in [6.45, 7) is 4.08. The Morgan fingerprint density at radius 3 is 2.81 bits per heavy atom. The van der Waals surface area contributed by atoms with Crippen molar-refractivity contribution < 1.29 is 9.44 Å². The topological polar surface area (TPSA) is 90.0 Å². The fraction of sp³-hybridized carbons (Fsp3) is 0.320. The first-order chi connectivity index (χ1) is 15.5. The summed E-state index contributed by atoms with van der Waals surface area (Å²) in [6, 6.07) is 15.6. The van der Waals surface area contributed by atoms with E-state index in [9.17, 15) is 10.0 Å². The van der Waals surface area contributed by atoms with Crippen molar-refractivity contribution in [2.24, 2.45) is 5.92 Å². The van der Waals surface area contributed by atoms with Crippen molar-refractivity contribution in [3.63, 3.8) is 0 Å². The molecule has 1 fully saturated rings. The van der Waals surface area contributed by atoms with Gasteiger partial charge < -0.3 is 20.5 Å². The summed E-state index contributed by atoms with van der Waals surface area (Å²) in [6.07, 6.45) is 4.11. The van der Waals surface area contributed by atoms with E-state index in [1.165, 1.54) is 0 Å². The number of nitrogens with zero attached hydrogens (tertiary/aromatic N) is 3. The number of rotatable bonds is 4. The van der Waals surface area contributed by atoms with Crippen molar-refractivity contribution in [2.75, 3.05) is 23.7 Å². The highest BCUT2D eigenvalue weighted by atomic mass is 16.5. The molecular formula is C25H27N5O2. The average molecular weight is 430 g/mol. The van der Waals surface area contributed by atoms with Crippen LogP contribution < -0.4 is 10.6 Å². The number of hydrogen-bond acceptors (Lipinski definition) is 5. The minimum Gasteiger partial charge on any atom is -0.633 e. The van der Waals surface area contributed by atoms with Gasteiger partial charge >= 0.3 is 0 Å². The molecule has 0 saturated carbocycles. The molecule has 0 radical (unpaired) electrons. The van der Waals surface area contributed by atoms with Crippen molar-refractivity contribution in [3.8, 4) is 11.3 Å². The van der Waals surface area contributed by atoms with Crippen LogP contribution in [0.4, 0.5) is 17.3 Å². The summed E-state index contributed by atoms with van der Waals surface area (Å²) >= 11 is 0. The maximum Gasteiger partial charge on any atom is 0.228 e. The van der Waals surface area contributed by atoms with Crippen molar-refractivity contribution in [2.45, 2.75) is 32.7 Å². The highest BCUT2D eigenvalue weighted by molar-refractivity contribution is 5.99. The minimum atomic E-state index is -0.131. The number of hydroxylamine groups is 3. The quantitative estimate of drug-likeness (QED) is 0.466. The van der Waals surface area contributed by atoms with Crippen LogP contribution in [0.5, 0.6) is 0 Å². The van der Waals surface area contributed by atoms with Crippen LogP contribution in [0.15, 0.2) is 54.7 Å². The lowest BCUT2D eigenvalue weighted by Gasteiger charge is -2.47. The van der Waals surface area contributed by atoms with Gasteiger partial charge in [0.1, 0.15) is 6.54 Å². The molecule has 0 bridgehead atoms. The van der Waals surface area contributed by atoms with Gasteiger partial charge in [-0.3, -0.25) is 4.79 Å². The van der Waals surface area contributed by atoms with Crippen LogP contribution in [-0.4, -0.2) is 33.6 Å². The Balaban J connectivity index is 1.35. The van der Waals surface area contributed by atoms with Crippen molar-refractivity contribution in [1.29, 1.82) is 0 Å². The van der Waals surface area contributed by atoms with Crippen LogP contribution in [0.2, 0.25) is 0 Å². The molecule has 5 rings (SSSR count). The maximum absolute atomic E-state index is 13.0. The summed E-state index contributed by atoms with van der Waals surface area (Å²) in [5, 5.41) is 19.2. The van der Waals surface area contributed by atoms with Gasteiger partial charge in [-0.2, -0.15) is 0 Å². The monoisotopic (exact) mass is 429 g/mol. The van der Waals surface area contributed by atoms with E-state index >= 15 is 0 Å². The summed E-state index contributed by atoms with van der Waals surface area (Å²) < 4.78 is -0.131. The number of piperidine rings is 1. The van der Waals surface area contributed by atoms with Crippen molar-refractivity contribution in [3.05, 3.63) is 71.1 Å². The Morgan fingerprint density at radius 2 is 2.00 bits per heavy atom. The molecule has 0 spiro atoms. The zero-order valence-corrected chi connectivity index (χ0v) is 18.2. The molecule has 2 aliphatic heterocycles. The first-order valence-electron chi connectivity index (χ1n) is 11.2. The molecule has 2 unspecified atom stereocenters. The normalized spacial score (nSPS) is 22.3. The number of carbonyl (C=O) groups excluding carboxylic acids is 1. The van der Waals surface area contributed by atoms with E-state index < -0.39 is 0 Å². The number of likely N-dealkylation sites (tertiary alicyclic amines) is 1. The van der Waals surface area contributed by atoms with Gasteiger partial charge in [-0.05, 0) is 31.0 Å². The zero-order valence-electron chi connectivity index (χ0n) is 18.2. The molecule has 2 atom stereocenters. The number of hydrogen-bond donors (Lipinski definition) is 2. The Hall–Kier alpha value is -3.29. The second-order valence-corrected chi connectivity index (χ2v) is 9.03. The number of nitrogens with one attached hydrogen (secondary N) is 2. The maximum atomic E-state index is 13.0. The van der Waals surface area contributed by atoms with Gasteiger partial charge in [-0.15, -0.1) is 0 Å². The molecule has 1 amide bonds. The number of anilines is 3. The largest absolute Gasteiger partial charge is 0.633 e. The fourth-order valence-electron chi connectivity index (χ4n) is 4.77. The molecule has 1 saturated heterocycles. The van der Waals surface area contributed by atoms with Crippen LogP contribution in [0.25, 0.3) is 11.3 Å². The molecule has 164 valence electrons. The lowest BCUT2D eigenvalue weighted by atomic mass is 9.99. The van der Waals surface area contributed by atoms with Crippen molar-refractivity contribution in [1.82, 2.24) is 9.97 Å². The third kappa shape index (κ3) is 4.35. The summed E-state index contributed by atoms with van der Waals surface area (Å²) in [4.78, 5) is 21.3. The Labute approximate surface area is 187 Å². The molecule has 2 aromatic carbocycles. The summed E-state index contributed by atoms with van der Waals surface area (Å²) in [7, 11) is 0. The Morgan fingerprint density at radius 1 is 1.19 bits per heavy atom. The number of fused-ring (bicyclic) bond motifs is 3. The fourth-order valence-corrected chi connectivity index (χ4v) is 4.77. The SMILES string of the molecule is CC1CCC[N+]([O-])(Cc2ccc(Nc3ncc4c(n3)-c3ccccc3NC(=O)C4)cc2)C1. The van der Waals surface area contributed by atoms with Gasteiger partial charge in [0.25, 0.3) is 0 Å². The molecule has 2 aliphatic rings. The second kappa shape index (κ2) is 8.33. The van der Waals surface area contributed by atoms with Crippen LogP contribution in [0.3, 0.4) is 0 Å². The second-order valence-electron chi connectivity index (χ2n) is 9.03. The van der Waals surface area contributed by atoms with E-state index in [-0.39, 0.29) is 17.0 Å². The predicted molar refractivity (Wildman–Crippen MR) is 125 cm³/mol. The van der Waals surface area contributed by atoms with Gasteiger partial charge in [0.2, 0.25) is 11.9 Å². The summed E-state index contributed by atoms with van der Waals surface area (Å²) in [5.74, 6) is 0.888. The highest BCUT2D eigenvalue weighted by Crippen LogP contribution is 2.33. The lowest BCUT2D eigenvalue weighted by molar-refractivity contribution is -0.902. The van der Waals surface area contributed by atoms with E-state index in [0.717, 1.165) is 46.6 Å². The molecule has 2 N–H and O–H groups in total. The molecule has 1 aromatic heterocycles. The lowest BCUT2D eigenvalue weighted by Crippen LogP contribution is -2.48. The zero-order chi connectivity index (χ0) is 22.1. The standard InChI is InChI=1S/C25H27N5O2/c1-17-5-4-12-30(32,15-17)16-18-8-10-20(11-9-18)27-25-26-14-19-13-23(31)28-22-7-3-2-6-21(22)24(19)29-25/h2-3,6-11,14,17H,4-5,12-13,15-16H2,1H3,(H,28,31)(H,26,27,29). The Kier molecular flexibility index (Phi) is 5.36. The van der Waals surface area contributed by atoms with Gasteiger partial charge in [-0.25, -0.2) is 9.97 Å². The molecular weight excluding hydrogens is 402 g/mol. The summed E-state index contributed by atoms with van der Waals surface area (Å²) in [5.41, 5.74) is 5.09. The smallest absolute Gasteiger partial charge is 0.228 e. The number of amides is 1. The van der Waals surface area contributed by atoms with E-state index in [1.807, 2.05) is 48.5 Å². The molecule has 3 aromatic rings. The van der Waals surface area contributed by atoms with E-state index in [1.54, 1.807) is 6.20 Å². The highest BCUT2D eigenvalue weighted by Gasteiger charge is 2.26. The van der Waals surface area contributed by atoms with Crippen LogP contribution in [0.1, 0.15) is 30.9 Å². The third-order valence-electron chi connectivity index (χ3n) is 6.26. The number of benzene rings is 2. The molecule has 7 heteroatoms. The molecule has 3 heterocycles. The first-order valence-corrected chi connectivity index (χ1v) is 11.2. The van der Waals surface area contributed by atoms with Gasteiger partial charge in [0, 0.05) is 34.5 Å². The van der Waals surface area contributed by atoms with Gasteiger partial charge in [-0.1, -0.05) is 37.3 Å². The predicted octanol–water partition coefficient (Wildman–Crippen LogP) is 4.63. The number of para-hydroxylation sites is 1.